The average molecular weight is 329 g/mol. The van der Waals surface area contributed by atoms with Gasteiger partial charge in [-0.3, -0.25) is 4.79 Å². The first kappa shape index (κ1) is 18.2. The lowest BCUT2D eigenvalue weighted by Gasteiger charge is -2.37. The van der Waals surface area contributed by atoms with E-state index >= 15 is 0 Å². The number of ether oxygens (including phenoxy) is 1. The second-order valence-electron chi connectivity index (χ2n) is 6.70. The number of hydrogen-bond acceptors (Lipinski definition) is 3. The van der Waals surface area contributed by atoms with Gasteiger partial charge in [0, 0.05) is 5.02 Å². The summed E-state index contributed by atoms with van der Waals surface area (Å²) >= 11 is 5.90. The predicted molar refractivity (Wildman–Crippen MR) is 89.4 cm³/mol. The molecule has 0 saturated heterocycles. The van der Waals surface area contributed by atoms with Crippen molar-refractivity contribution >= 4 is 25.9 Å². The van der Waals surface area contributed by atoms with Crippen LogP contribution in [0.3, 0.4) is 0 Å². The Hall–Kier alpha value is -0.843. The Morgan fingerprint density at radius 2 is 1.76 bits per heavy atom. The molecule has 0 heterocycles. The Morgan fingerprint density at radius 1 is 1.24 bits per heavy atom. The third-order valence-electron chi connectivity index (χ3n) is 4.18. The molecule has 0 spiro atoms. The summed E-state index contributed by atoms with van der Waals surface area (Å²) in [6.45, 7) is 11.2. The number of carbonyl (C=O) groups excluding carboxylic acids is 1. The van der Waals surface area contributed by atoms with Gasteiger partial charge in [-0.2, -0.15) is 0 Å². The molecule has 21 heavy (non-hydrogen) atoms. The van der Waals surface area contributed by atoms with Crippen molar-refractivity contribution in [3.05, 3.63) is 34.9 Å². The van der Waals surface area contributed by atoms with E-state index in [4.69, 9.17) is 20.8 Å². The summed E-state index contributed by atoms with van der Waals surface area (Å²) in [5.74, 6) is -0.697. The summed E-state index contributed by atoms with van der Waals surface area (Å²) in [6, 6.07) is 7.25. The molecule has 1 rings (SSSR count). The molecule has 0 fully saturated rings. The zero-order valence-electron chi connectivity index (χ0n) is 13.7. The Bertz CT molecular complexity index is 477. The van der Waals surface area contributed by atoms with E-state index in [0.717, 1.165) is 5.56 Å². The molecule has 0 aliphatic rings. The molecule has 0 saturated carbocycles. The van der Waals surface area contributed by atoms with E-state index in [1.165, 1.54) is 7.11 Å². The van der Waals surface area contributed by atoms with E-state index in [2.05, 4.69) is 33.9 Å². The van der Waals surface area contributed by atoms with Crippen LogP contribution in [0, 0.1) is 0 Å². The number of halogens is 1. The summed E-state index contributed by atoms with van der Waals surface area (Å²) in [7, 11) is -0.504. The number of esters is 1. The van der Waals surface area contributed by atoms with Crippen molar-refractivity contribution < 1.29 is 14.0 Å². The SMILES string of the molecule is COC(=O)C(CO[Si](C)(C)C(C)(C)C)c1ccc(Cl)cc1. The van der Waals surface area contributed by atoms with Gasteiger partial charge in [0.2, 0.25) is 0 Å². The molecule has 5 heteroatoms. The standard InChI is InChI=1S/C16H25ClO3Si/c1-16(2,3)21(5,6)20-11-14(15(18)19-4)12-7-9-13(17)10-8-12/h7-10,14H,11H2,1-6H3. The lowest BCUT2D eigenvalue weighted by atomic mass is 10.0. The van der Waals surface area contributed by atoms with Gasteiger partial charge < -0.3 is 9.16 Å². The van der Waals surface area contributed by atoms with E-state index in [0.29, 0.717) is 11.6 Å². The molecule has 1 atom stereocenters. The minimum Gasteiger partial charge on any atom is -0.468 e. The first-order chi connectivity index (χ1) is 9.58. The zero-order valence-corrected chi connectivity index (χ0v) is 15.5. The molecule has 1 unspecified atom stereocenters. The van der Waals surface area contributed by atoms with Crippen molar-refractivity contribution in [2.45, 2.75) is 44.8 Å². The van der Waals surface area contributed by atoms with Crippen LogP contribution >= 0.6 is 11.6 Å². The van der Waals surface area contributed by atoms with Gasteiger partial charge in [0.05, 0.1) is 13.7 Å². The van der Waals surface area contributed by atoms with Crippen LogP contribution in [0.1, 0.15) is 32.3 Å². The summed E-state index contributed by atoms with van der Waals surface area (Å²) in [6.07, 6.45) is 0. The lowest BCUT2D eigenvalue weighted by Crippen LogP contribution is -2.42. The minimum absolute atomic E-state index is 0.105. The first-order valence-corrected chi connectivity index (χ1v) is 10.3. The summed E-state index contributed by atoms with van der Waals surface area (Å²) in [5.41, 5.74) is 0.866. The van der Waals surface area contributed by atoms with Crippen LogP contribution < -0.4 is 0 Å². The summed E-state index contributed by atoms with van der Waals surface area (Å²) in [5, 5.41) is 0.751. The van der Waals surface area contributed by atoms with Crippen molar-refractivity contribution in [2.24, 2.45) is 0 Å². The molecule has 0 aliphatic carbocycles. The van der Waals surface area contributed by atoms with Gasteiger partial charge in [-0.25, -0.2) is 0 Å². The number of rotatable bonds is 5. The molecule has 0 aromatic heterocycles. The topological polar surface area (TPSA) is 35.5 Å². The van der Waals surface area contributed by atoms with Crippen molar-refractivity contribution in [1.82, 2.24) is 0 Å². The molecule has 0 radical (unpaired) electrons. The lowest BCUT2D eigenvalue weighted by molar-refractivity contribution is -0.143. The quantitative estimate of drug-likeness (QED) is 0.584. The highest BCUT2D eigenvalue weighted by atomic mass is 35.5. The normalized spacial score (nSPS) is 13.9. The molecular weight excluding hydrogens is 304 g/mol. The van der Waals surface area contributed by atoms with Crippen LogP contribution in [0.4, 0.5) is 0 Å². The van der Waals surface area contributed by atoms with Gasteiger partial charge >= 0.3 is 5.97 Å². The van der Waals surface area contributed by atoms with Crippen LogP contribution in [-0.2, 0) is 14.0 Å². The maximum atomic E-state index is 12.0. The Balaban J connectivity index is 2.91. The number of benzene rings is 1. The van der Waals surface area contributed by atoms with Crippen LogP contribution in [-0.4, -0.2) is 28.0 Å². The van der Waals surface area contributed by atoms with Crippen LogP contribution in [0.25, 0.3) is 0 Å². The van der Waals surface area contributed by atoms with Gasteiger partial charge in [-0.15, -0.1) is 0 Å². The Morgan fingerprint density at radius 3 is 2.19 bits per heavy atom. The molecule has 118 valence electrons. The molecule has 0 aliphatic heterocycles. The molecular formula is C16H25ClO3Si. The Kier molecular flexibility index (Phi) is 6.02. The maximum Gasteiger partial charge on any atom is 0.315 e. The molecule has 1 aromatic rings. The van der Waals surface area contributed by atoms with Gasteiger partial charge in [0.15, 0.2) is 8.32 Å². The van der Waals surface area contributed by atoms with Crippen molar-refractivity contribution in [3.8, 4) is 0 Å². The van der Waals surface area contributed by atoms with Crippen molar-refractivity contribution in [3.63, 3.8) is 0 Å². The third-order valence-corrected chi connectivity index (χ3v) is 8.93. The van der Waals surface area contributed by atoms with Gasteiger partial charge in [-0.05, 0) is 35.8 Å². The number of hydrogen-bond donors (Lipinski definition) is 0. The van der Waals surface area contributed by atoms with Crippen molar-refractivity contribution in [1.29, 1.82) is 0 Å². The third kappa shape index (κ3) is 4.83. The van der Waals surface area contributed by atoms with Gasteiger partial charge in [0.25, 0.3) is 0 Å². The van der Waals surface area contributed by atoms with Crippen LogP contribution in [0.5, 0.6) is 0 Å². The van der Waals surface area contributed by atoms with Gasteiger partial charge in [-0.1, -0.05) is 44.5 Å². The highest BCUT2D eigenvalue weighted by molar-refractivity contribution is 6.74. The highest BCUT2D eigenvalue weighted by Crippen LogP contribution is 2.37. The van der Waals surface area contributed by atoms with Gasteiger partial charge in [0.1, 0.15) is 5.92 Å². The Labute approximate surface area is 133 Å². The van der Waals surface area contributed by atoms with Crippen molar-refractivity contribution in [2.75, 3.05) is 13.7 Å². The maximum absolute atomic E-state index is 12.0. The molecule has 0 bridgehead atoms. The molecule has 0 N–H and O–H groups in total. The fourth-order valence-corrected chi connectivity index (χ4v) is 2.79. The number of carbonyl (C=O) groups is 1. The second-order valence-corrected chi connectivity index (χ2v) is 11.9. The summed E-state index contributed by atoms with van der Waals surface area (Å²) in [4.78, 5) is 12.0. The molecule has 3 nitrogen and oxygen atoms in total. The smallest absolute Gasteiger partial charge is 0.315 e. The average Bonchev–Trinajstić information content (AvgIpc) is 2.39. The first-order valence-electron chi connectivity index (χ1n) is 7.06. The number of methoxy groups -OCH3 is 1. The fourth-order valence-electron chi connectivity index (χ4n) is 1.65. The molecule has 1 aromatic carbocycles. The molecule has 0 amide bonds. The predicted octanol–water partition coefficient (Wildman–Crippen LogP) is 4.62. The van der Waals surface area contributed by atoms with Crippen LogP contribution in [0.2, 0.25) is 23.2 Å². The second kappa shape index (κ2) is 6.94. The van der Waals surface area contributed by atoms with Crippen LogP contribution in [0.15, 0.2) is 24.3 Å². The van der Waals surface area contributed by atoms with E-state index in [1.54, 1.807) is 12.1 Å². The van der Waals surface area contributed by atoms with E-state index in [-0.39, 0.29) is 11.0 Å². The monoisotopic (exact) mass is 328 g/mol. The van der Waals surface area contributed by atoms with E-state index in [9.17, 15) is 4.79 Å². The summed E-state index contributed by atoms with van der Waals surface area (Å²) < 4.78 is 11.1. The fraction of sp³-hybridized carbons (Fsp3) is 0.562. The minimum atomic E-state index is -1.90. The zero-order chi connectivity index (χ0) is 16.3. The largest absolute Gasteiger partial charge is 0.468 e. The van der Waals surface area contributed by atoms with E-state index in [1.807, 2.05) is 12.1 Å². The van der Waals surface area contributed by atoms with E-state index < -0.39 is 14.2 Å². The highest BCUT2D eigenvalue weighted by Gasteiger charge is 2.38.